The molecular formula is C27H36N4O2. The highest BCUT2D eigenvalue weighted by Crippen LogP contribution is 2.32. The molecule has 0 radical (unpaired) electrons. The molecule has 2 aliphatic heterocycles. The molecule has 1 aromatic heterocycles. The van der Waals surface area contributed by atoms with Gasteiger partial charge in [0, 0.05) is 32.1 Å². The maximum atomic E-state index is 13.1. The van der Waals surface area contributed by atoms with E-state index in [1.165, 1.54) is 31.2 Å². The van der Waals surface area contributed by atoms with Gasteiger partial charge in [-0.3, -0.25) is 14.5 Å². The zero-order valence-electron chi connectivity index (χ0n) is 20.0. The number of carbonyl (C=O) groups is 1. The van der Waals surface area contributed by atoms with E-state index in [1.54, 1.807) is 0 Å². The van der Waals surface area contributed by atoms with E-state index in [0.717, 1.165) is 55.1 Å². The highest BCUT2D eigenvalue weighted by molar-refractivity contribution is 5.79. The van der Waals surface area contributed by atoms with Gasteiger partial charge in [-0.2, -0.15) is 0 Å². The Morgan fingerprint density at radius 3 is 2.61 bits per heavy atom. The molecule has 33 heavy (non-hydrogen) atoms. The Balaban J connectivity index is 1.31. The summed E-state index contributed by atoms with van der Waals surface area (Å²) < 4.78 is 0. The first-order valence-corrected chi connectivity index (χ1v) is 12.7. The minimum atomic E-state index is -0.126. The van der Waals surface area contributed by atoms with Crippen LogP contribution >= 0.6 is 0 Å². The standard InChI is InChI=1S/C27H36N4O2/c1-18-5-9-20(10-6-18)16-25(32)31-14-3-4-24(31)26-28-23-13-15-30(17-22(23)27(33)29-26)21-11-7-19(2)8-12-21/h5-6,9-10,19,21,24H,3-4,7-8,11-17H2,1-2H3,(H,28,29,33). The number of hydrogen-bond acceptors (Lipinski definition) is 4. The summed E-state index contributed by atoms with van der Waals surface area (Å²) in [5.74, 6) is 1.61. The van der Waals surface area contributed by atoms with Crippen molar-refractivity contribution in [2.45, 2.75) is 83.8 Å². The molecule has 1 saturated carbocycles. The smallest absolute Gasteiger partial charge is 0.255 e. The number of rotatable bonds is 4. The number of amides is 1. The first-order valence-electron chi connectivity index (χ1n) is 12.7. The van der Waals surface area contributed by atoms with Crippen LogP contribution in [0.5, 0.6) is 0 Å². The number of carbonyl (C=O) groups excluding carboxylic acids is 1. The van der Waals surface area contributed by atoms with Gasteiger partial charge in [0.1, 0.15) is 5.82 Å². The monoisotopic (exact) mass is 448 g/mol. The number of likely N-dealkylation sites (tertiary alicyclic amines) is 1. The topological polar surface area (TPSA) is 69.3 Å². The number of aromatic nitrogens is 2. The fourth-order valence-corrected chi connectivity index (χ4v) is 5.87. The van der Waals surface area contributed by atoms with Gasteiger partial charge < -0.3 is 9.88 Å². The van der Waals surface area contributed by atoms with Gasteiger partial charge in [-0.1, -0.05) is 36.8 Å². The third-order valence-electron chi connectivity index (χ3n) is 7.98. The van der Waals surface area contributed by atoms with Crippen LogP contribution in [-0.2, 0) is 24.2 Å². The van der Waals surface area contributed by atoms with Gasteiger partial charge in [0.2, 0.25) is 5.91 Å². The number of benzene rings is 1. The van der Waals surface area contributed by atoms with E-state index >= 15 is 0 Å². The van der Waals surface area contributed by atoms with Crippen LogP contribution in [0, 0.1) is 12.8 Å². The molecule has 6 nitrogen and oxygen atoms in total. The molecule has 1 unspecified atom stereocenters. The van der Waals surface area contributed by atoms with E-state index in [0.29, 0.717) is 24.8 Å². The second kappa shape index (κ2) is 9.41. The summed E-state index contributed by atoms with van der Waals surface area (Å²) in [4.78, 5) is 38.6. The van der Waals surface area contributed by atoms with Crippen molar-refractivity contribution in [1.82, 2.24) is 19.8 Å². The Morgan fingerprint density at radius 2 is 1.85 bits per heavy atom. The Labute approximate surface area is 196 Å². The normalized spacial score (nSPS) is 25.8. The molecule has 0 spiro atoms. The fourth-order valence-electron chi connectivity index (χ4n) is 5.87. The van der Waals surface area contributed by atoms with Gasteiger partial charge in [0.05, 0.1) is 23.7 Å². The van der Waals surface area contributed by atoms with Crippen molar-refractivity contribution >= 4 is 5.91 Å². The Kier molecular flexibility index (Phi) is 6.37. The van der Waals surface area contributed by atoms with E-state index < -0.39 is 0 Å². The number of nitrogens with zero attached hydrogens (tertiary/aromatic N) is 3. The molecule has 176 valence electrons. The fraction of sp³-hybridized carbons (Fsp3) is 0.593. The number of aromatic amines is 1. The van der Waals surface area contributed by atoms with Crippen molar-refractivity contribution in [3.05, 3.63) is 62.8 Å². The largest absolute Gasteiger partial charge is 0.332 e. The Hall–Kier alpha value is -2.47. The molecule has 1 aliphatic carbocycles. The maximum absolute atomic E-state index is 13.1. The lowest BCUT2D eigenvalue weighted by Gasteiger charge is -2.38. The predicted molar refractivity (Wildman–Crippen MR) is 129 cm³/mol. The minimum Gasteiger partial charge on any atom is -0.332 e. The first-order chi connectivity index (χ1) is 16.0. The van der Waals surface area contributed by atoms with Gasteiger partial charge in [-0.15, -0.1) is 0 Å². The molecular weight excluding hydrogens is 412 g/mol. The van der Waals surface area contributed by atoms with Crippen LogP contribution in [-0.4, -0.2) is 44.8 Å². The van der Waals surface area contributed by atoms with Crippen molar-refractivity contribution in [2.24, 2.45) is 5.92 Å². The van der Waals surface area contributed by atoms with Crippen LogP contribution in [0.1, 0.15) is 79.7 Å². The molecule has 0 bridgehead atoms. The summed E-state index contributed by atoms with van der Waals surface area (Å²) in [5, 5.41) is 0. The molecule has 1 saturated heterocycles. The van der Waals surface area contributed by atoms with Crippen LogP contribution < -0.4 is 5.56 Å². The predicted octanol–water partition coefficient (Wildman–Crippen LogP) is 3.92. The highest BCUT2D eigenvalue weighted by Gasteiger charge is 2.34. The molecule has 2 aromatic rings. The Bertz CT molecular complexity index is 1050. The summed E-state index contributed by atoms with van der Waals surface area (Å²) in [7, 11) is 0. The highest BCUT2D eigenvalue weighted by atomic mass is 16.2. The zero-order chi connectivity index (χ0) is 22.9. The lowest BCUT2D eigenvalue weighted by Crippen LogP contribution is -2.44. The van der Waals surface area contributed by atoms with Crippen molar-refractivity contribution in [3.63, 3.8) is 0 Å². The van der Waals surface area contributed by atoms with Crippen LogP contribution in [0.15, 0.2) is 29.1 Å². The SMILES string of the molecule is Cc1ccc(CC(=O)N2CCCC2c2nc3c(c(=O)[nH]2)CN(C2CCC(C)CC2)CC3)cc1. The molecule has 6 heteroatoms. The van der Waals surface area contributed by atoms with Crippen LogP contribution in [0.2, 0.25) is 0 Å². The van der Waals surface area contributed by atoms with E-state index in [9.17, 15) is 9.59 Å². The second-order valence-corrected chi connectivity index (χ2v) is 10.4. The molecule has 2 fully saturated rings. The number of aryl methyl sites for hydroxylation is 1. The third-order valence-corrected chi connectivity index (χ3v) is 7.98. The maximum Gasteiger partial charge on any atom is 0.255 e. The van der Waals surface area contributed by atoms with E-state index in [2.05, 4.69) is 23.7 Å². The van der Waals surface area contributed by atoms with Crippen molar-refractivity contribution < 1.29 is 4.79 Å². The summed E-state index contributed by atoms with van der Waals surface area (Å²) in [6.45, 7) is 6.80. The summed E-state index contributed by atoms with van der Waals surface area (Å²) in [6.07, 6.45) is 8.06. The van der Waals surface area contributed by atoms with Gasteiger partial charge >= 0.3 is 0 Å². The lowest BCUT2D eigenvalue weighted by atomic mass is 9.86. The number of H-pyrrole nitrogens is 1. The summed E-state index contributed by atoms with van der Waals surface area (Å²) >= 11 is 0. The van der Waals surface area contributed by atoms with Gasteiger partial charge in [0.15, 0.2) is 0 Å². The molecule has 1 amide bonds. The quantitative estimate of drug-likeness (QED) is 0.770. The minimum absolute atomic E-state index is 0.0123. The number of nitrogens with one attached hydrogen (secondary N) is 1. The van der Waals surface area contributed by atoms with Gasteiger partial charge in [0.25, 0.3) is 5.56 Å². The first kappa shape index (κ1) is 22.3. The van der Waals surface area contributed by atoms with E-state index in [4.69, 9.17) is 4.98 Å². The average molecular weight is 449 g/mol. The molecule has 1 aromatic carbocycles. The zero-order valence-corrected chi connectivity index (χ0v) is 20.0. The third kappa shape index (κ3) is 4.77. The summed E-state index contributed by atoms with van der Waals surface area (Å²) in [6, 6.07) is 8.61. The van der Waals surface area contributed by atoms with Gasteiger partial charge in [-0.25, -0.2) is 4.98 Å². The van der Waals surface area contributed by atoms with Crippen molar-refractivity contribution in [3.8, 4) is 0 Å². The van der Waals surface area contributed by atoms with Crippen LogP contribution in [0.25, 0.3) is 0 Å². The lowest BCUT2D eigenvalue weighted by molar-refractivity contribution is -0.131. The average Bonchev–Trinajstić information content (AvgIpc) is 3.31. The Morgan fingerprint density at radius 1 is 1.09 bits per heavy atom. The van der Waals surface area contributed by atoms with Crippen LogP contribution in [0.3, 0.4) is 0 Å². The molecule has 1 atom stereocenters. The van der Waals surface area contributed by atoms with Crippen molar-refractivity contribution in [2.75, 3.05) is 13.1 Å². The van der Waals surface area contributed by atoms with Crippen LogP contribution in [0.4, 0.5) is 0 Å². The molecule has 3 heterocycles. The molecule has 1 N–H and O–H groups in total. The molecule has 3 aliphatic rings. The second-order valence-electron chi connectivity index (χ2n) is 10.4. The summed E-state index contributed by atoms with van der Waals surface area (Å²) in [5.41, 5.74) is 3.98. The number of hydrogen-bond donors (Lipinski definition) is 1. The number of fused-ring (bicyclic) bond motifs is 1. The van der Waals surface area contributed by atoms with E-state index in [1.807, 2.05) is 29.2 Å². The van der Waals surface area contributed by atoms with Crippen molar-refractivity contribution in [1.29, 1.82) is 0 Å². The van der Waals surface area contributed by atoms with E-state index in [-0.39, 0.29) is 17.5 Å². The molecule has 5 rings (SSSR count). The van der Waals surface area contributed by atoms with Gasteiger partial charge in [-0.05, 0) is 56.9 Å².